The lowest BCUT2D eigenvalue weighted by Gasteiger charge is -2.27. The molecule has 22 heavy (non-hydrogen) atoms. The van der Waals surface area contributed by atoms with E-state index in [2.05, 4.69) is 10.4 Å². The highest BCUT2D eigenvalue weighted by atomic mass is 16.5. The van der Waals surface area contributed by atoms with Gasteiger partial charge in [-0.25, -0.2) is 0 Å². The number of nitrogens with zero attached hydrogens (tertiary/aromatic N) is 4. The predicted octanol–water partition coefficient (Wildman–Crippen LogP) is -0.756. The zero-order chi connectivity index (χ0) is 16.7. The third kappa shape index (κ3) is 4.81. The summed E-state index contributed by atoms with van der Waals surface area (Å²) in [6, 6.07) is -0.541. The number of nitrogens with one attached hydrogen (secondary N) is 1. The van der Waals surface area contributed by atoms with Gasteiger partial charge < -0.3 is 19.9 Å². The van der Waals surface area contributed by atoms with E-state index in [1.807, 2.05) is 0 Å². The largest absolute Gasteiger partial charge is 0.383 e. The number of methoxy groups -OCH3 is 1. The van der Waals surface area contributed by atoms with Crippen molar-refractivity contribution in [2.45, 2.75) is 6.04 Å². The molecule has 0 aromatic carbocycles. The maximum Gasteiger partial charge on any atom is 0.244 e. The fraction of sp³-hybridized carbons (Fsp3) is 0.643. The van der Waals surface area contributed by atoms with Gasteiger partial charge in [-0.3, -0.25) is 14.3 Å². The van der Waals surface area contributed by atoms with Crippen LogP contribution in [0.25, 0.3) is 0 Å². The van der Waals surface area contributed by atoms with Gasteiger partial charge >= 0.3 is 0 Å². The Morgan fingerprint density at radius 3 is 2.59 bits per heavy atom. The Hall–Kier alpha value is -1.93. The first-order valence-electron chi connectivity index (χ1n) is 7.04. The summed E-state index contributed by atoms with van der Waals surface area (Å²) in [5.41, 5.74) is 0.759. The summed E-state index contributed by atoms with van der Waals surface area (Å²) < 4.78 is 6.67. The predicted molar refractivity (Wildman–Crippen MR) is 82.2 cm³/mol. The van der Waals surface area contributed by atoms with Gasteiger partial charge in [-0.15, -0.1) is 0 Å². The monoisotopic (exact) mass is 311 g/mol. The summed E-state index contributed by atoms with van der Waals surface area (Å²) in [7, 11) is 8.39. The molecule has 0 saturated carbocycles. The molecule has 0 fully saturated rings. The number of amides is 2. The van der Waals surface area contributed by atoms with Gasteiger partial charge in [0, 0.05) is 46.6 Å². The van der Waals surface area contributed by atoms with Crippen molar-refractivity contribution in [3.8, 4) is 0 Å². The molecular formula is C14H25N5O3. The average molecular weight is 311 g/mol. The third-order valence-corrected chi connectivity index (χ3v) is 3.30. The Morgan fingerprint density at radius 2 is 2.14 bits per heavy atom. The lowest BCUT2D eigenvalue weighted by atomic mass is 10.1. The summed E-state index contributed by atoms with van der Waals surface area (Å²) >= 11 is 0. The van der Waals surface area contributed by atoms with Crippen LogP contribution in [-0.2, 0) is 21.4 Å². The molecule has 0 aliphatic rings. The SMILES string of the molecule is CNC(C(=O)N(CCOC)CC(=O)N(C)C)c1cnn(C)c1. The Labute approximate surface area is 131 Å². The molecule has 8 heteroatoms. The minimum absolute atomic E-state index is 0.0215. The molecular weight excluding hydrogens is 286 g/mol. The van der Waals surface area contributed by atoms with E-state index < -0.39 is 6.04 Å². The molecule has 1 unspecified atom stereocenters. The zero-order valence-corrected chi connectivity index (χ0v) is 13.9. The Kier molecular flexibility index (Phi) is 7.00. The zero-order valence-electron chi connectivity index (χ0n) is 13.9. The van der Waals surface area contributed by atoms with Crippen LogP contribution < -0.4 is 5.32 Å². The quantitative estimate of drug-likeness (QED) is 0.683. The van der Waals surface area contributed by atoms with Crippen LogP contribution in [0, 0.1) is 0 Å². The fourth-order valence-corrected chi connectivity index (χ4v) is 1.98. The van der Waals surface area contributed by atoms with Crippen LogP contribution >= 0.6 is 0 Å². The van der Waals surface area contributed by atoms with Crippen LogP contribution in [0.4, 0.5) is 0 Å². The molecule has 1 aromatic heterocycles. The highest BCUT2D eigenvalue weighted by molar-refractivity contribution is 5.88. The van der Waals surface area contributed by atoms with Crippen molar-refractivity contribution >= 4 is 11.8 Å². The van der Waals surface area contributed by atoms with Crippen molar-refractivity contribution in [3.63, 3.8) is 0 Å². The van der Waals surface area contributed by atoms with Gasteiger partial charge in [0.1, 0.15) is 6.04 Å². The van der Waals surface area contributed by atoms with Gasteiger partial charge in [0.05, 0.1) is 19.3 Å². The summed E-state index contributed by atoms with van der Waals surface area (Å²) in [6.07, 6.45) is 3.42. The van der Waals surface area contributed by atoms with E-state index in [1.54, 1.807) is 52.4 Å². The van der Waals surface area contributed by atoms with E-state index in [0.29, 0.717) is 13.2 Å². The number of carbonyl (C=O) groups excluding carboxylic acids is 2. The van der Waals surface area contributed by atoms with Gasteiger partial charge in [-0.2, -0.15) is 5.10 Å². The molecule has 0 saturated heterocycles. The molecule has 0 bridgehead atoms. The van der Waals surface area contributed by atoms with E-state index in [1.165, 1.54) is 9.80 Å². The van der Waals surface area contributed by atoms with Gasteiger partial charge in [0.15, 0.2) is 0 Å². The highest BCUT2D eigenvalue weighted by Gasteiger charge is 2.27. The second-order valence-electron chi connectivity index (χ2n) is 5.21. The van der Waals surface area contributed by atoms with Gasteiger partial charge in [-0.1, -0.05) is 0 Å². The fourth-order valence-electron chi connectivity index (χ4n) is 1.98. The Morgan fingerprint density at radius 1 is 1.45 bits per heavy atom. The van der Waals surface area contributed by atoms with Crippen LogP contribution in [-0.4, -0.2) is 79.3 Å². The van der Waals surface area contributed by atoms with Crippen LogP contribution in [0.5, 0.6) is 0 Å². The molecule has 0 aliphatic heterocycles. The second kappa shape index (κ2) is 8.50. The van der Waals surface area contributed by atoms with Crippen molar-refractivity contribution in [3.05, 3.63) is 18.0 Å². The Balaban J connectivity index is 2.90. The first-order valence-corrected chi connectivity index (χ1v) is 7.04. The van der Waals surface area contributed by atoms with Crippen LogP contribution in [0.15, 0.2) is 12.4 Å². The lowest BCUT2D eigenvalue weighted by molar-refractivity contribution is -0.141. The maximum atomic E-state index is 12.7. The van der Waals surface area contributed by atoms with E-state index in [-0.39, 0.29) is 18.4 Å². The third-order valence-electron chi connectivity index (χ3n) is 3.30. The molecule has 1 atom stereocenters. The molecule has 1 heterocycles. The summed E-state index contributed by atoms with van der Waals surface area (Å²) in [6.45, 7) is 0.747. The van der Waals surface area contributed by atoms with Crippen LogP contribution in [0.2, 0.25) is 0 Å². The smallest absolute Gasteiger partial charge is 0.244 e. The van der Waals surface area contributed by atoms with Crippen molar-refractivity contribution < 1.29 is 14.3 Å². The number of aromatic nitrogens is 2. The molecule has 1 N–H and O–H groups in total. The van der Waals surface area contributed by atoms with Crippen molar-refractivity contribution in [2.75, 3.05) is 47.9 Å². The van der Waals surface area contributed by atoms with Crippen molar-refractivity contribution in [1.29, 1.82) is 0 Å². The van der Waals surface area contributed by atoms with Gasteiger partial charge in [0.25, 0.3) is 0 Å². The number of aryl methyl sites for hydroxylation is 1. The van der Waals surface area contributed by atoms with Gasteiger partial charge in [-0.05, 0) is 7.05 Å². The molecule has 2 amide bonds. The maximum absolute atomic E-state index is 12.7. The summed E-state index contributed by atoms with van der Waals surface area (Å²) in [4.78, 5) is 27.6. The number of ether oxygens (including phenoxy) is 1. The lowest BCUT2D eigenvalue weighted by Crippen LogP contribution is -2.46. The summed E-state index contributed by atoms with van der Waals surface area (Å²) in [5.74, 6) is -0.312. The number of rotatable bonds is 8. The summed E-state index contributed by atoms with van der Waals surface area (Å²) in [5, 5.41) is 7.07. The molecule has 0 aliphatic carbocycles. The normalized spacial score (nSPS) is 12.0. The van der Waals surface area contributed by atoms with Crippen LogP contribution in [0.3, 0.4) is 0 Å². The topological polar surface area (TPSA) is 79.7 Å². The van der Waals surface area contributed by atoms with E-state index in [9.17, 15) is 9.59 Å². The minimum atomic E-state index is -0.541. The molecule has 0 spiro atoms. The van der Waals surface area contributed by atoms with E-state index >= 15 is 0 Å². The first kappa shape index (κ1) is 18.1. The molecule has 8 nitrogen and oxygen atoms in total. The number of likely N-dealkylation sites (N-methyl/N-ethyl adjacent to an activating group) is 2. The molecule has 1 rings (SSSR count). The molecule has 124 valence electrons. The first-order chi connectivity index (χ1) is 10.4. The average Bonchev–Trinajstić information content (AvgIpc) is 2.89. The number of hydrogen-bond acceptors (Lipinski definition) is 5. The van der Waals surface area contributed by atoms with Crippen molar-refractivity contribution in [1.82, 2.24) is 24.9 Å². The standard InChI is InChI=1S/C14H25N5O3/c1-15-13(11-8-16-18(4)9-11)14(21)19(6-7-22-5)10-12(20)17(2)3/h8-9,13,15H,6-7,10H2,1-5H3. The number of hydrogen-bond donors (Lipinski definition) is 1. The minimum Gasteiger partial charge on any atom is -0.383 e. The number of carbonyl (C=O) groups is 2. The van der Waals surface area contributed by atoms with E-state index in [0.717, 1.165) is 5.56 Å². The highest BCUT2D eigenvalue weighted by Crippen LogP contribution is 2.14. The Bertz CT molecular complexity index is 500. The van der Waals surface area contributed by atoms with E-state index in [4.69, 9.17) is 4.74 Å². The molecule has 1 aromatic rings. The van der Waals surface area contributed by atoms with Gasteiger partial charge in [0.2, 0.25) is 11.8 Å². The van der Waals surface area contributed by atoms with Crippen molar-refractivity contribution in [2.24, 2.45) is 7.05 Å². The second-order valence-corrected chi connectivity index (χ2v) is 5.21. The molecule has 0 radical (unpaired) electrons. The van der Waals surface area contributed by atoms with Crippen LogP contribution in [0.1, 0.15) is 11.6 Å².